The van der Waals surface area contributed by atoms with E-state index >= 15 is 0 Å². The minimum atomic E-state index is -0.562. The van der Waals surface area contributed by atoms with Gasteiger partial charge in [-0.1, -0.05) is 24.9 Å². The molecule has 0 spiro atoms. The van der Waals surface area contributed by atoms with Crippen LogP contribution in [-0.4, -0.2) is 15.5 Å². The zero-order chi connectivity index (χ0) is 16.8. The second-order valence-electron chi connectivity index (χ2n) is 5.13. The minimum Gasteiger partial charge on any atom is -0.324 e. The highest BCUT2D eigenvalue weighted by Gasteiger charge is 2.08. The third-order valence-corrected chi connectivity index (χ3v) is 3.53. The molecule has 0 fully saturated rings. The van der Waals surface area contributed by atoms with Gasteiger partial charge < -0.3 is 5.32 Å². The van der Waals surface area contributed by atoms with Gasteiger partial charge in [-0.2, -0.15) is 0 Å². The Kier molecular flexibility index (Phi) is 5.87. The predicted molar refractivity (Wildman–Crippen MR) is 87.1 cm³/mol. The third kappa shape index (κ3) is 4.89. The number of benzene rings is 1. The third-order valence-electron chi connectivity index (χ3n) is 3.24. The fourth-order valence-corrected chi connectivity index (χ4v) is 2.19. The van der Waals surface area contributed by atoms with Gasteiger partial charge >= 0.3 is 0 Å². The lowest BCUT2D eigenvalue weighted by atomic mass is 10.2. The molecule has 0 radical (unpaired) electrons. The molecule has 0 unspecified atom stereocenters. The van der Waals surface area contributed by atoms with Gasteiger partial charge in [0.2, 0.25) is 5.91 Å². The Morgan fingerprint density at radius 2 is 2.17 bits per heavy atom. The zero-order valence-electron chi connectivity index (χ0n) is 12.7. The average Bonchev–Trinajstić information content (AvgIpc) is 2.51. The lowest BCUT2D eigenvalue weighted by molar-refractivity contribution is -0.116. The van der Waals surface area contributed by atoms with Crippen molar-refractivity contribution in [1.82, 2.24) is 9.55 Å². The first-order chi connectivity index (χ1) is 11.0. The molecule has 1 amide bonds. The number of hydrogen-bond donors (Lipinski definition) is 1. The van der Waals surface area contributed by atoms with Gasteiger partial charge in [0, 0.05) is 17.4 Å². The quantitative estimate of drug-likeness (QED) is 0.881. The van der Waals surface area contributed by atoms with E-state index in [9.17, 15) is 14.0 Å². The highest BCUT2D eigenvalue weighted by molar-refractivity contribution is 6.31. The molecule has 1 aromatic heterocycles. The van der Waals surface area contributed by atoms with Crippen LogP contribution in [0.1, 0.15) is 25.5 Å². The van der Waals surface area contributed by atoms with Crippen molar-refractivity contribution in [1.29, 1.82) is 0 Å². The van der Waals surface area contributed by atoms with Crippen LogP contribution in [-0.2, 0) is 17.8 Å². The lowest BCUT2D eigenvalue weighted by Gasteiger charge is -2.08. The van der Waals surface area contributed by atoms with E-state index in [0.29, 0.717) is 5.69 Å². The molecule has 2 rings (SSSR count). The molecule has 0 atom stereocenters. The number of aryl methyl sites for hydroxylation is 1. The highest BCUT2D eigenvalue weighted by Crippen LogP contribution is 2.19. The summed E-state index contributed by atoms with van der Waals surface area (Å²) in [5.74, 6) is -0.981. The van der Waals surface area contributed by atoms with E-state index in [4.69, 9.17) is 11.6 Å². The molecular formula is C16H17ClFN3O2. The van der Waals surface area contributed by atoms with E-state index in [0.717, 1.165) is 31.0 Å². The predicted octanol–water partition coefficient (Wildman–Crippen LogP) is 3.02. The maximum absolute atomic E-state index is 13.1. The summed E-state index contributed by atoms with van der Waals surface area (Å²) in [6.45, 7) is 1.89. The Morgan fingerprint density at radius 3 is 2.83 bits per heavy atom. The molecule has 2 aromatic rings. The first-order valence-electron chi connectivity index (χ1n) is 7.30. The number of nitrogens with zero attached hydrogens (tertiary/aromatic N) is 2. The second-order valence-corrected chi connectivity index (χ2v) is 5.53. The maximum Gasteiger partial charge on any atom is 0.253 e. The molecule has 5 nitrogen and oxygen atoms in total. The molecule has 7 heteroatoms. The Morgan fingerprint density at radius 1 is 1.39 bits per heavy atom. The SMILES string of the molecule is CCCCc1cc(=O)n(CC(=O)Nc2ccc(F)c(Cl)c2)cn1. The molecule has 0 aliphatic heterocycles. The molecule has 0 aliphatic rings. The van der Waals surface area contributed by atoms with Crippen molar-refractivity contribution in [3.8, 4) is 0 Å². The van der Waals surface area contributed by atoms with Crippen LogP contribution in [0.4, 0.5) is 10.1 Å². The van der Waals surface area contributed by atoms with E-state index in [1.165, 1.54) is 29.1 Å². The van der Waals surface area contributed by atoms with Crippen LogP contribution in [0.2, 0.25) is 5.02 Å². The standard InChI is InChI=1S/C16H17ClFN3O2/c1-2-3-4-11-8-16(23)21(10-19-11)9-15(22)20-12-5-6-14(18)13(17)7-12/h5-8,10H,2-4,9H2,1H3,(H,20,22). The van der Waals surface area contributed by atoms with Gasteiger partial charge in [-0.25, -0.2) is 9.37 Å². The number of unbranched alkanes of at least 4 members (excludes halogenated alkanes) is 1. The van der Waals surface area contributed by atoms with Crippen molar-refractivity contribution in [2.24, 2.45) is 0 Å². The van der Waals surface area contributed by atoms with Crippen LogP contribution in [0.15, 0.2) is 35.4 Å². The molecule has 1 N–H and O–H groups in total. The number of aromatic nitrogens is 2. The van der Waals surface area contributed by atoms with Crippen molar-refractivity contribution >= 4 is 23.2 Å². The number of halogens is 2. The van der Waals surface area contributed by atoms with Crippen molar-refractivity contribution in [2.45, 2.75) is 32.7 Å². The zero-order valence-corrected chi connectivity index (χ0v) is 13.4. The van der Waals surface area contributed by atoms with Crippen LogP contribution in [0.5, 0.6) is 0 Å². The summed E-state index contributed by atoms with van der Waals surface area (Å²) < 4.78 is 14.3. The second kappa shape index (κ2) is 7.87. The number of carbonyl (C=O) groups excluding carboxylic acids is 1. The number of amides is 1. The summed E-state index contributed by atoms with van der Waals surface area (Å²) in [7, 11) is 0. The Bertz CT molecular complexity index is 761. The molecular weight excluding hydrogens is 321 g/mol. The van der Waals surface area contributed by atoms with Gasteiger partial charge in [-0.3, -0.25) is 14.2 Å². The fraction of sp³-hybridized carbons (Fsp3) is 0.312. The van der Waals surface area contributed by atoms with Gasteiger partial charge in [0.1, 0.15) is 12.4 Å². The molecule has 122 valence electrons. The molecule has 1 heterocycles. The summed E-state index contributed by atoms with van der Waals surface area (Å²) in [5, 5.41) is 2.48. The number of hydrogen-bond acceptors (Lipinski definition) is 3. The summed E-state index contributed by atoms with van der Waals surface area (Å²) in [4.78, 5) is 28.1. The monoisotopic (exact) mass is 337 g/mol. The molecule has 1 aromatic carbocycles. The van der Waals surface area contributed by atoms with Crippen molar-refractivity contribution in [3.63, 3.8) is 0 Å². The highest BCUT2D eigenvalue weighted by atomic mass is 35.5. The Labute approximate surface area is 138 Å². The molecule has 23 heavy (non-hydrogen) atoms. The fourth-order valence-electron chi connectivity index (χ4n) is 2.01. The van der Waals surface area contributed by atoms with E-state index in [2.05, 4.69) is 17.2 Å². The number of rotatable bonds is 6. The van der Waals surface area contributed by atoms with Gasteiger partial charge in [0.15, 0.2) is 0 Å². The van der Waals surface area contributed by atoms with E-state index in [1.54, 1.807) is 0 Å². The summed E-state index contributed by atoms with van der Waals surface area (Å²) in [5.41, 5.74) is 0.805. The number of nitrogens with one attached hydrogen (secondary N) is 1. The van der Waals surface area contributed by atoms with E-state index < -0.39 is 11.7 Å². The first-order valence-corrected chi connectivity index (χ1v) is 7.67. The van der Waals surface area contributed by atoms with Gasteiger partial charge in [0.25, 0.3) is 5.56 Å². The maximum atomic E-state index is 13.1. The summed E-state index contributed by atoms with van der Waals surface area (Å²) in [6.07, 6.45) is 4.09. The molecule has 0 bridgehead atoms. The van der Waals surface area contributed by atoms with Crippen LogP contribution in [0, 0.1) is 5.82 Å². The minimum absolute atomic E-state index is 0.0816. The van der Waals surface area contributed by atoms with Gasteiger partial charge in [-0.15, -0.1) is 0 Å². The van der Waals surface area contributed by atoms with Gasteiger partial charge in [-0.05, 0) is 31.0 Å². The van der Waals surface area contributed by atoms with Crippen LogP contribution < -0.4 is 10.9 Å². The number of anilines is 1. The smallest absolute Gasteiger partial charge is 0.253 e. The Balaban J connectivity index is 2.02. The van der Waals surface area contributed by atoms with Crippen LogP contribution >= 0.6 is 11.6 Å². The van der Waals surface area contributed by atoms with Crippen LogP contribution in [0.3, 0.4) is 0 Å². The lowest BCUT2D eigenvalue weighted by Crippen LogP contribution is -2.27. The van der Waals surface area contributed by atoms with E-state index in [-0.39, 0.29) is 17.1 Å². The normalized spacial score (nSPS) is 10.6. The average molecular weight is 338 g/mol. The topological polar surface area (TPSA) is 64.0 Å². The van der Waals surface area contributed by atoms with Crippen molar-refractivity contribution in [2.75, 3.05) is 5.32 Å². The van der Waals surface area contributed by atoms with Crippen LogP contribution in [0.25, 0.3) is 0 Å². The summed E-state index contributed by atoms with van der Waals surface area (Å²) >= 11 is 5.65. The van der Waals surface area contributed by atoms with Gasteiger partial charge in [0.05, 0.1) is 11.3 Å². The Hall–Kier alpha value is -2.21. The first kappa shape index (κ1) is 17.1. The molecule has 0 saturated carbocycles. The molecule has 0 aliphatic carbocycles. The van der Waals surface area contributed by atoms with Crippen molar-refractivity contribution in [3.05, 3.63) is 57.5 Å². The largest absolute Gasteiger partial charge is 0.324 e. The van der Waals surface area contributed by atoms with E-state index in [1.807, 2.05) is 0 Å². The van der Waals surface area contributed by atoms with Crippen molar-refractivity contribution < 1.29 is 9.18 Å². The number of carbonyl (C=O) groups is 1. The summed E-state index contributed by atoms with van der Waals surface area (Å²) in [6, 6.07) is 5.31. The molecule has 0 saturated heterocycles.